The van der Waals surface area contributed by atoms with Crippen LogP contribution in [0.5, 0.6) is 5.75 Å². The van der Waals surface area contributed by atoms with Crippen LogP contribution in [-0.2, 0) is 10.0 Å². The second-order valence-corrected chi connectivity index (χ2v) is 13.4. The number of ether oxygens (including phenoxy) is 1. The van der Waals surface area contributed by atoms with Gasteiger partial charge >= 0.3 is 0 Å². The second-order valence-electron chi connectivity index (χ2n) is 11.3. The van der Waals surface area contributed by atoms with Gasteiger partial charge in [-0.3, -0.25) is 0 Å². The van der Waals surface area contributed by atoms with E-state index in [-0.39, 0.29) is 33.0 Å². The Bertz CT molecular complexity index is 1420. The minimum atomic E-state index is -3.75. The lowest BCUT2D eigenvalue weighted by atomic mass is 9.93. The number of hydrogen-bond donors (Lipinski definition) is 4. The first kappa shape index (κ1) is 32.4. The van der Waals surface area contributed by atoms with Gasteiger partial charge in [-0.1, -0.05) is 51.4 Å². The summed E-state index contributed by atoms with van der Waals surface area (Å²) in [6.45, 7) is 12.8. The molecule has 0 aliphatic heterocycles. The van der Waals surface area contributed by atoms with Crippen molar-refractivity contribution < 1.29 is 13.2 Å². The Hall–Kier alpha value is -3.12. The summed E-state index contributed by atoms with van der Waals surface area (Å²) in [5.41, 5.74) is 2.04. The molecule has 12 heteroatoms. The van der Waals surface area contributed by atoms with E-state index in [2.05, 4.69) is 63.5 Å². The van der Waals surface area contributed by atoms with E-state index in [1.165, 1.54) is 12.3 Å². The number of anilines is 5. The number of nitrogens with one attached hydrogen (secondary N) is 4. The maximum absolute atomic E-state index is 13.0. The van der Waals surface area contributed by atoms with Crippen molar-refractivity contribution in [2.24, 2.45) is 11.3 Å². The van der Waals surface area contributed by atoms with Gasteiger partial charge in [0.1, 0.15) is 15.7 Å². The molecule has 224 valence electrons. The van der Waals surface area contributed by atoms with Crippen LogP contribution in [0.4, 0.5) is 28.8 Å². The summed E-state index contributed by atoms with van der Waals surface area (Å²) in [5.74, 6) is 1.33. The summed E-state index contributed by atoms with van der Waals surface area (Å²) in [6.07, 6.45) is 1.45. The fourth-order valence-corrected chi connectivity index (χ4v) is 5.70. The minimum Gasteiger partial charge on any atom is -0.492 e. The second kappa shape index (κ2) is 14.2. The highest BCUT2D eigenvalue weighted by molar-refractivity contribution is 7.89. The van der Waals surface area contributed by atoms with Crippen molar-refractivity contribution in [3.8, 4) is 5.75 Å². The molecule has 0 unspecified atom stereocenters. The van der Waals surface area contributed by atoms with Gasteiger partial charge in [-0.2, -0.15) is 4.98 Å². The van der Waals surface area contributed by atoms with Gasteiger partial charge in [0.05, 0.1) is 24.2 Å². The lowest BCUT2D eigenvalue weighted by Crippen LogP contribution is -2.34. The fourth-order valence-electron chi connectivity index (χ4n) is 4.19. The predicted molar refractivity (Wildman–Crippen MR) is 169 cm³/mol. The Morgan fingerprint density at radius 2 is 1.80 bits per heavy atom. The summed E-state index contributed by atoms with van der Waals surface area (Å²) in [5, 5.41) is 10.0. The first-order valence-corrected chi connectivity index (χ1v) is 15.5. The van der Waals surface area contributed by atoms with E-state index < -0.39 is 10.0 Å². The molecule has 3 rings (SSSR count). The SMILES string of the molecule is CCOc1cc(NCC(C)(C)CN(C)C)ccc1Nc1ncc(Cl)c(Nc2ccccc2S(=O)(=O)NCC(C)C)n1. The molecule has 41 heavy (non-hydrogen) atoms. The van der Waals surface area contributed by atoms with Crippen molar-refractivity contribution in [1.29, 1.82) is 0 Å². The summed E-state index contributed by atoms with van der Waals surface area (Å²) >= 11 is 6.41. The number of sulfonamides is 1. The van der Waals surface area contributed by atoms with Gasteiger partial charge < -0.3 is 25.6 Å². The molecule has 0 bridgehead atoms. The number of halogens is 1. The largest absolute Gasteiger partial charge is 0.492 e. The van der Waals surface area contributed by atoms with Crippen molar-refractivity contribution in [1.82, 2.24) is 19.6 Å². The van der Waals surface area contributed by atoms with E-state index in [1.54, 1.807) is 18.2 Å². The van der Waals surface area contributed by atoms with Crippen LogP contribution >= 0.6 is 11.6 Å². The van der Waals surface area contributed by atoms with E-state index in [1.807, 2.05) is 39.0 Å². The van der Waals surface area contributed by atoms with Crippen LogP contribution in [0.2, 0.25) is 5.02 Å². The Morgan fingerprint density at radius 3 is 2.49 bits per heavy atom. The van der Waals surface area contributed by atoms with Gasteiger partial charge in [0.25, 0.3) is 0 Å². The Labute approximate surface area is 249 Å². The van der Waals surface area contributed by atoms with E-state index in [0.29, 0.717) is 30.3 Å². The molecule has 10 nitrogen and oxygen atoms in total. The standard InChI is InChI=1S/C29H42ClN7O3S/c1-8-40-25-15-21(32-18-29(4,5)19-37(6)7)13-14-23(25)35-28-31-17-22(30)27(36-28)34-24-11-9-10-12-26(24)41(38,39)33-16-20(2)3/h9-15,17,20,32-33H,8,16,18-19H2,1-7H3,(H2,31,34,35,36). The van der Waals surface area contributed by atoms with Crippen molar-refractivity contribution in [2.75, 3.05) is 56.3 Å². The average Bonchev–Trinajstić information content (AvgIpc) is 2.89. The number of hydrogen-bond acceptors (Lipinski definition) is 9. The Kier molecular flexibility index (Phi) is 11.2. The van der Waals surface area contributed by atoms with Crippen LogP contribution in [0, 0.1) is 11.3 Å². The van der Waals surface area contributed by atoms with E-state index in [9.17, 15) is 8.42 Å². The molecule has 0 aliphatic carbocycles. The quantitative estimate of drug-likeness (QED) is 0.167. The molecule has 1 aromatic heterocycles. The zero-order valence-corrected chi connectivity index (χ0v) is 26.4. The third-order valence-corrected chi connectivity index (χ3v) is 7.66. The zero-order valence-electron chi connectivity index (χ0n) is 24.9. The highest BCUT2D eigenvalue weighted by atomic mass is 35.5. The number of benzene rings is 2. The van der Waals surface area contributed by atoms with Gasteiger partial charge in [0.15, 0.2) is 5.82 Å². The highest BCUT2D eigenvalue weighted by Gasteiger charge is 2.21. The average molecular weight is 604 g/mol. The molecular formula is C29H42ClN7O3S. The van der Waals surface area contributed by atoms with Crippen molar-refractivity contribution >= 4 is 50.5 Å². The van der Waals surface area contributed by atoms with Crippen molar-refractivity contribution in [3.05, 3.63) is 53.7 Å². The molecule has 0 atom stereocenters. The monoisotopic (exact) mass is 603 g/mol. The number of aromatic nitrogens is 2. The van der Waals surface area contributed by atoms with E-state index in [4.69, 9.17) is 16.3 Å². The normalized spacial score (nSPS) is 12.0. The lowest BCUT2D eigenvalue weighted by molar-refractivity contribution is 0.254. The first-order valence-electron chi connectivity index (χ1n) is 13.6. The number of rotatable bonds is 15. The molecule has 0 amide bonds. The van der Waals surface area contributed by atoms with Crippen molar-refractivity contribution in [3.63, 3.8) is 0 Å². The summed E-state index contributed by atoms with van der Waals surface area (Å²) in [4.78, 5) is 11.1. The Balaban J connectivity index is 1.82. The molecule has 0 aliphatic rings. The van der Waals surface area contributed by atoms with Gasteiger partial charge in [-0.15, -0.1) is 0 Å². The first-order chi connectivity index (χ1) is 19.3. The van der Waals surface area contributed by atoms with Gasteiger partial charge in [-0.25, -0.2) is 18.1 Å². The molecule has 0 spiro atoms. The van der Waals surface area contributed by atoms with Gasteiger partial charge in [0, 0.05) is 31.4 Å². The topological polar surface area (TPSA) is 121 Å². The van der Waals surface area contributed by atoms with Gasteiger partial charge in [0.2, 0.25) is 16.0 Å². The van der Waals surface area contributed by atoms with Crippen LogP contribution in [0.3, 0.4) is 0 Å². The third kappa shape index (κ3) is 9.74. The summed E-state index contributed by atoms with van der Waals surface area (Å²) in [7, 11) is 0.388. The third-order valence-electron chi connectivity index (χ3n) is 5.90. The van der Waals surface area contributed by atoms with Crippen LogP contribution < -0.4 is 25.4 Å². The number of para-hydroxylation sites is 1. The molecule has 1 heterocycles. The van der Waals surface area contributed by atoms with E-state index in [0.717, 1.165) is 18.8 Å². The molecular weight excluding hydrogens is 562 g/mol. The predicted octanol–water partition coefficient (Wildman–Crippen LogP) is 5.95. The van der Waals surface area contributed by atoms with Crippen LogP contribution in [-0.4, -0.2) is 63.6 Å². The number of nitrogens with zero attached hydrogens (tertiary/aromatic N) is 3. The van der Waals surface area contributed by atoms with Crippen LogP contribution in [0.1, 0.15) is 34.6 Å². The molecule has 0 fully saturated rings. The highest BCUT2D eigenvalue weighted by Crippen LogP contribution is 2.33. The maximum Gasteiger partial charge on any atom is 0.242 e. The van der Waals surface area contributed by atoms with Crippen LogP contribution in [0.25, 0.3) is 0 Å². The van der Waals surface area contributed by atoms with Gasteiger partial charge in [-0.05, 0) is 56.6 Å². The summed E-state index contributed by atoms with van der Waals surface area (Å²) in [6, 6.07) is 12.4. The molecule has 3 aromatic rings. The minimum absolute atomic E-state index is 0.0786. The molecule has 0 saturated carbocycles. The lowest BCUT2D eigenvalue weighted by Gasteiger charge is -2.29. The Morgan fingerprint density at radius 1 is 1.07 bits per heavy atom. The smallest absolute Gasteiger partial charge is 0.242 e. The zero-order chi connectivity index (χ0) is 30.2. The molecule has 0 radical (unpaired) electrons. The van der Waals surface area contributed by atoms with E-state index >= 15 is 0 Å². The van der Waals surface area contributed by atoms with Crippen molar-refractivity contribution in [2.45, 2.75) is 39.5 Å². The summed E-state index contributed by atoms with van der Waals surface area (Å²) < 4.78 is 34.5. The fraction of sp³-hybridized carbons (Fsp3) is 0.448. The molecule has 4 N–H and O–H groups in total. The molecule has 2 aromatic carbocycles. The molecule has 0 saturated heterocycles. The maximum atomic E-state index is 13.0. The van der Waals surface area contributed by atoms with Crippen LogP contribution in [0.15, 0.2) is 53.6 Å².